The van der Waals surface area contributed by atoms with Crippen molar-refractivity contribution in [2.75, 3.05) is 0 Å². The molecule has 25 heavy (non-hydrogen) atoms. The van der Waals surface area contributed by atoms with Gasteiger partial charge in [-0.1, -0.05) is 65.8 Å². The molecule has 1 aromatic rings. The fraction of sp³-hybridized carbons (Fsp3) is 0.684. The monoisotopic (exact) mass is 376 g/mol. The molecular weight excluding hydrogens is 345 g/mol. The molecule has 2 nitrogen and oxygen atoms in total. The predicted molar refractivity (Wildman–Crippen MR) is 97.9 cm³/mol. The van der Waals surface area contributed by atoms with Gasteiger partial charge in [0.25, 0.3) is 0 Å². The van der Waals surface area contributed by atoms with Crippen molar-refractivity contribution < 1.29 is 22.7 Å². The van der Waals surface area contributed by atoms with E-state index in [2.05, 4.69) is 41.5 Å². The Kier molecular flexibility index (Phi) is 6.92. The Balaban J connectivity index is 3.25. The molecule has 1 unspecified atom stereocenters. The van der Waals surface area contributed by atoms with Crippen LogP contribution in [0.15, 0.2) is 24.3 Å². The quantitative estimate of drug-likeness (QED) is 0.578. The van der Waals surface area contributed by atoms with Crippen LogP contribution in [-0.2, 0) is 16.6 Å². The molecule has 0 fully saturated rings. The van der Waals surface area contributed by atoms with Crippen LogP contribution in [0.3, 0.4) is 0 Å². The van der Waals surface area contributed by atoms with Crippen molar-refractivity contribution in [2.24, 2.45) is 0 Å². The lowest BCUT2D eigenvalue weighted by molar-refractivity contribution is -0.259. The van der Waals surface area contributed by atoms with Crippen LogP contribution in [0, 0.1) is 0 Å². The highest BCUT2D eigenvalue weighted by Crippen LogP contribution is 2.44. The smallest absolute Gasteiger partial charge is 0.412 e. The number of hydrogen-bond acceptors (Lipinski definition) is 2. The zero-order chi connectivity index (χ0) is 19.6. The van der Waals surface area contributed by atoms with E-state index in [1.165, 1.54) is 12.1 Å². The molecule has 1 N–H and O–H groups in total. The van der Waals surface area contributed by atoms with Crippen molar-refractivity contribution in [1.82, 2.24) is 0 Å². The van der Waals surface area contributed by atoms with Gasteiger partial charge in [-0.15, -0.1) is 0 Å². The Morgan fingerprint density at radius 2 is 1.40 bits per heavy atom. The van der Waals surface area contributed by atoms with E-state index >= 15 is 0 Å². The van der Waals surface area contributed by atoms with Crippen LogP contribution in [0.2, 0.25) is 16.6 Å². The molecule has 0 aliphatic rings. The highest BCUT2D eigenvalue weighted by Gasteiger charge is 2.52. The summed E-state index contributed by atoms with van der Waals surface area (Å²) in [6.45, 7) is 13.7. The molecule has 1 rings (SSSR count). The van der Waals surface area contributed by atoms with Gasteiger partial charge in [0.05, 0.1) is 6.61 Å². The largest absolute Gasteiger partial charge is 0.421 e. The molecule has 0 amide bonds. The van der Waals surface area contributed by atoms with Crippen LogP contribution in [0.4, 0.5) is 13.2 Å². The number of benzene rings is 1. The maximum absolute atomic E-state index is 13.3. The van der Waals surface area contributed by atoms with Crippen molar-refractivity contribution in [3.05, 3.63) is 35.4 Å². The van der Waals surface area contributed by atoms with Crippen molar-refractivity contribution in [2.45, 2.75) is 83.5 Å². The summed E-state index contributed by atoms with van der Waals surface area (Å²) in [4.78, 5) is 0. The van der Waals surface area contributed by atoms with Crippen molar-refractivity contribution >= 4 is 8.32 Å². The minimum Gasteiger partial charge on any atom is -0.412 e. The molecule has 6 heteroatoms. The molecule has 0 aliphatic heterocycles. The number of rotatable bonds is 7. The van der Waals surface area contributed by atoms with Gasteiger partial charge in [0.2, 0.25) is 8.32 Å². The van der Waals surface area contributed by atoms with E-state index in [4.69, 9.17) is 4.43 Å². The van der Waals surface area contributed by atoms with Gasteiger partial charge < -0.3 is 9.53 Å². The maximum Gasteiger partial charge on any atom is 0.421 e. The third kappa shape index (κ3) is 4.29. The van der Waals surface area contributed by atoms with Crippen molar-refractivity contribution in [1.29, 1.82) is 0 Å². The molecule has 0 aliphatic carbocycles. The van der Waals surface area contributed by atoms with E-state index in [1.54, 1.807) is 12.1 Å². The van der Waals surface area contributed by atoms with Gasteiger partial charge in [0, 0.05) is 0 Å². The van der Waals surface area contributed by atoms with Gasteiger partial charge in [0.15, 0.2) is 5.60 Å². The van der Waals surface area contributed by atoms with E-state index in [0.29, 0.717) is 22.2 Å². The minimum atomic E-state index is -4.74. The molecule has 0 saturated heterocycles. The predicted octanol–water partition coefficient (Wildman–Crippen LogP) is 6.15. The lowest BCUT2D eigenvalue weighted by atomic mass is 9.91. The van der Waals surface area contributed by atoms with E-state index in [0.717, 1.165) is 6.92 Å². The maximum atomic E-state index is 13.3. The van der Waals surface area contributed by atoms with Gasteiger partial charge in [-0.05, 0) is 34.7 Å². The zero-order valence-electron chi connectivity index (χ0n) is 16.2. The molecule has 0 saturated carbocycles. The number of hydrogen-bond donors (Lipinski definition) is 1. The standard InChI is InChI=1S/C19H31F3O2Si/c1-13(2)25(14(3)4,15(5)6)24-12-16-10-8-9-11-17(16)18(7,23)19(20,21)22/h8-11,13-15,23H,12H2,1-7H3. The van der Waals surface area contributed by atoms with E-state index in [-0.39, 0.29) is 12.2 Å². The molecule has 1 atom stereocenters. The Morgan fingerprint density at radius 1 is 0.960 bits per heavy atom. The highest BCUT2D eigenvalue weighted by molar-refractivity contribution is 6.77. The van der Waals surface area contributed by atoms with Crippen LogP contribution in [-0.4, -0.2) is 19.6 Å². The third-order valence-corrected chi connectivity index (χ3v) is 11.3. The molecule has 1 aromatic carbocycles. The Hall–Kier alpha value is -0.853. The summed E-state index contributed by atoms with van der Waals surface area (Å²) in [5.74, 6) is 0. The Morgan fingerprint density at radius 3 is 1.80 bits per heavy atom. The van der Waals surface area contributed by atoms with Crippen LogP contribution in [0.5, 0.6) is 0 Å². The van der Waals surface area contributed by atoms with Crippen LogP contribution < -0.4 is 0 Å². The second-order valence-electron chi connectivity index (χ2n) is 7.83. The first-order chi connectivity index (χ1) is 11.3. The SMILES string of the molecule is CC(C)[Si](OCc1ccccc1C(C)(O)C(F)(F)F)(C(C)C)C(C)C. The number of aliphatic hydroxyl groups is 1. The molecular formula is C19H31F3O2Si. The summed E-state index contributed by atoms with van der Waals surface area (Å²) in [6, 6.07) is 6.13. The lowest BCUT2D eigenvalue weighted by Gasteiger charge is -2.42. The van der Waals surface area contributed by atoms with Crippen LogP contribution >= 0.6 is 0 Å². The topological polar surface area (TPSA) is 29.5 Å². The van der Waals surface area contributed by atoms with Crippen LogP contribution in [0.1, 0.15) is 59.6 Å². The minimum absolute atomic E-state index is 0.0865. The van der Waals surface area contributed by atoms with Crippen LogP contribution in [0.25, 0.3) is 0 Å². The molecule has 0 bridgehead atoms. The second kappa shape index (κ2) is 7.80. The average Bonchev–Trinajstić information content (AvgIpc) is 2.45. The van der Waals surface area contributed by atoms with Crippen molar-refractivity contribution in [3.8, 4) is 0 Å². The van der Waals surface area contributed by atoms with E-state index in [1.807, 2.05) is 0 Å². The molecule has 144 valence electrons. The fourth-order valence-corrected chi connectivity index (χ4v) is 9.38. The first kappa shape index (κ1) is 22.2. The Labute approximate surface area is 150 Å². The normalized spacial score (nSPS) is 15.9. The van der Waals surface area contributed by atoms with Gasteiger partial charge in [-0.25, -0.2) is 0 Å². The first-order valence-corrected chi connectivity index (χ1v) is 10.9. The molecule has 0 radical (unpaired) electrons. The van der Waals surface area contributed by atoms with Gasteiger partial charge in [-0.3, -0.25) is 0 Å². The number of alkyl halides is 3. The fourth-order valence-electron chi connectivity index (χ4n) is 3.98. The van der Waals surface area contributed by atoms with Crippen molar-refractivity contribution in [3.63, 3.8) is 0 Å². The van der Waals surface area contributed by atoms with Gasteiger partial charge in [-0.2, -0.15) is 13.2 Å². The summed E-state index contributed by atoms with van der Waals surface area (Å²) >= 11 is 0. The lowest BCUT2D eigenvalue weighted by Crippen LogP contribution is -2.47. The summed E-state index contributed by atoms with van der Waals surface area (Å²) in [5.41, 5.74) is -1.64. The zero-order valence-corrected chi connectivity index (χ0v) is 17.2. The average molecular weight is 377 g/mol. The third-order valence-electron chi connectivity index (χ3n) is 5.28. The first-order valence-electron chi connectivity index (χ1n) is 8.79. The number of halogens is 3. The highest BCUT2D eigenvalue weighted by atomic mass is 28.4. The van der Waals surface area contributed by atoms with Gasteiger partial charge in [0.1, 0.15) is 0 Å². The summed E-state index contributed by atoms with van der Waals surface area (Å²) in [6.07, 6.45) is -4.74. The molecule has 0 aromatic heterocycles. The van der Waals surface area contributed by atoms with E-state index in [9.17, 15) is 18.3 Å². The summed E-state index contributed by atoms with van der Waals surface area (Å²) in [5, 5.41) is 10.1. The van der Waals surface area contributed by atoms with Gasteiger partial charge >= 0.3 is 6.18 Å². The summed E-state index contributed by atoms with van der Waals surface area (Å²) < 4.78 is 46.2. The van der Waals surface area contributed by atoms with E-state index < -0.39 is 20.1 Å². The Bertz CT molecular complexity index is 544. The summed E-state index contributed by atoms with van der Waals surface area (Å²) in [7, 11) is -2.20. The molecule has 0 spiro atoms. The molecule has 0 heterocycles. The second-order valence-corrected chi connectivity index (χ2v) is 13.3.